The van der Waals surface area contributed by atoms with Gasteiger partial charge in [0.05, 0.1) is 0 Å². The summed E-state index contributed by atoms with van der Waals surface area (Å²) in [5, 5.41) is 3.92. The summed E-state index contributed by atoms with van der Waals surface area (Å²) in [6.07, 6.45) is 11.1. The Labute approximate surface area is 120 Å². The van der Waals surface area contributed by atoms with Crippen molar-refractivity contribution < 1.29 is 0 Å². The Bertz CT molecular complexity index is 256. The molecule has 1 N–H and O–H groups in total. The van der Waals surface area contributed by atoms with Crippen LogP contribution in [0.2, 0.25) is 0 Å². The van der Waals surface area contributed by atoms with E-state index < -0.39 is 0 Å². The third-order valence-electron chi connectivity index (χ3n) is 5.14. The molecule has 19 heavy (non-hydrogen) atoms. The van der Waals surface area contributed by atoms with Gasteiger partial charge in [0.25, 0.3) is 0 Å². The fourth-order valence-corrected chi connectivity index (χ4v) is 4.01. The fourth-order valence-electron chi connectivity index (χ4n) is 4.01. The van der Waals surface area contributed by atoms with E-state index in [1.807, 2.05) is 0 Å². The second kappa shape index (κ2) is 7.08. The van der Waals surface area contributed by atoms with E-state index in [4.69, 9.17) is 0 Å². The Kier molecular flexibility index (Phi) is 5.70. The van der Waals surface area contributed by atoms with Gasteiger partial charge in [0.15, 0.2) is 0 Å². The summed E-state index contributed by atoms with van der Waals surface area (Å²) >= 11 is 0. The van der Waals surface area contributed by atoms with E-state index in [9.17, 15) is 0 Å². The van der Waals surface area contributed by atoms with Crippen molar-refractivity contribution in [1.82, 2.24) is 10.2 Å². The molecule has 1 aliphatic carbocycles. The van der Waals surface area contributed by atoms with Gasteiger partial charge in [-0.25, -0.2) is 0 Å². The normalized spacial score (nSPS) is 27.5. The average molecular weight is 266 g/mol. The number of nitrogens with zero attached hydrogens (tertiary/aromatic N) is 1. The third-order valence-corrected chi connectivity index (χ3v) is 5.14. The van der Waals surface area contributed by atoms with Gasteiger partial charge in [0, 0.05) is 24.7 Å². The standard InChI is InChI=1S/C17H34N2/c1-4-8-16-13-18-17(10-5-6-11-17)14-19(16)12-7-9-15(2)3/h15-16,18H,4-14H2,1-3H3. The molecule has 2 fully saturated rings. The molecule has 2 nitrogen and oxygen atoms in total. The lowest BCUT2D eigenvalue weighted by atomic mass is 9.91. The number of hydrogen-bond acceptors (Lipinski definition) is 2. The van der Waals surface area contributed by atoms with E-state index in [-0.39, 0.29) is 0 Å². The number of piperazine rings is 1. The van der Waals surface area contributed by atoms with Crippen molar-refractivity contribution in [2.45, 2.75) is 83.7 Å². The van der Waals surface area contributed by atoms with Gasteiger partial charge in [0.2, 0.25) is 0 Å². The summed E-state index contributed by atoms with van der Waals surface area (Å²) in [5.41, 5.74) is 0.488. The molecule has 2 heteroatoms. The highest BCUT2D eigenvalue weighted by Gasteiger charge is 2.40. The third kappa shape index (κ3) is 4.19. The lowest BCUT2D eigenvalue weighted by molar-refractivity contribution is 0.0731. The molecule has 112 valence electrons. The molecule has 1 unspecified atom stereocenters. The van der Waals surface area contributed by atoms with Crippen molar-refractivity contribution in [1.29, 1.82) is 0 Å². The highest BCUT2D eigenvalue weighted by molar-refractivity contribution is 5.00. The van der Waals surface area contributed by atoms with Crippen LogP contribution in [0.4, 0.5) is 0 Å². The summed E-state index contributed by atoms with van der Waals surface area (Å²) in [6, 6.07) is 0.795. The van der Waals surface area contributed by atoms with Gasteiger partial charge in [-0.05, 0) is 44.6 Å². The molecular weight excluding hydrogens is 232 g/mol. The van der Waals surface area contributed by atoms with Crippen LogP contribution in [-0.4, -0.2) is 36.1 Å². The van der Waals surface area contributed by atoms with Crippen molar-refractivity contribution in [2.24, 2.45) is 5.92 Å². The van der Waals surface area contributed by atoms with Gasteiger partial charge in [-0.1, -0.05) is 40.0 Å². The van der Waals surface area contributed by atoms with Crippen molar-refractivity contribution in [3.05, 3.63) is 0 Å². The second-order valence-corrected chi connectivity index (χ2v) is 7.32. The Morgan fingerprint density at radius 3 is 2.63 bits per heavy atom. The van der Waals surface area contributed by atoms with Crippen molar-refractivity contribution >= 4 is 0 Å². The molecule has 0 radical (unpaired) electrons. The number of rotatable bonds is 6. The minimum atomic E-state index is 0.488. The van der Waals surface area contributed by atoms with Gasteiger partial charge in [-0.3, -0.25) is 4.90 Å². The maximum atomic E-state index is 3.92. The molecule has 1 atom stereocenters. The summed E-state index contributed by atoms with van der Waals surface area (Å²) in [7, 11) is 0. The van der Waals surface area contributed by atoms with Crippen LogP contribution in [0.5, 0.6) is 0 Å². The predicted octanol–water partition coefficient (Wildman–Crippen LogP) is 3.81. The summed E-state index contributed by atoms with van der Waals surface area (Å²) in [5.74, 6) is 0.855. The Hall–Kier alpha value is -0.0800. The maximum Gasteiger partial charge on any atom is 0.0309 e. The highest BCUT2D eigenvalue weighted by atomic mass is 15.3. The molecule has 1 aliphatic heterocycles. The molecule has 0 bridgehead atoms. The molecule has 1 saturated carbocycles. The predicted molar refractivity (Wildman–Crippen MR) is 83.5 cm³/mol. The Balaban J connectivity index is 1.88. The van der Waals surface area contributed by atoms with Crippen molar-refractivity contribution in [3.8, 4) is 0 Å². The monoisotopic (exact) mass is 266 g/mol. The van der Waals surface area contributed by atoms with E-state index in [1.165, 1.54) is 71.0 Å². The quantitative estimate of drug-likeness (QED) is 0.786. The van der Waals surface area contributed by atoms with Crippen LogP contribution in [0.15, 0.2) is 0 Å². The zero-order valence-corrected chi connectivity index (χ0v) is 13.4. The highest BCUT2D eigenvalue weighted by Crippen LogP contribution is 2.33. The number of nitrogens with one attached hydrogen (secondary N) is 1. The molecule has 1 saturated heterocycles. The molecule has 0 aromatic rings. The van der Waals surface area contributed by atoms with Gasteiger partial charge < -0.3 is 5.32 Å². The molecule has 2 rings (SSSR count). The summed E-state index contributed by atoms with van der Waals surface area (Å²) in [6.45, 7) is 10.9. The molecular formula is C17H34N2. The van der Waals surface area contributed by atoms with E-state index >= 15 is 0 Å². The average Bonchev–Trinajstić information content (AvgIpc) is 2.81. The molecule has 0 amide bonds. The van der Waals surface area contributed by atoms with Crippen LogP contribution in [0.3, 0.4) is 0 Å². The van der Waals surface area contributed by atoms with Gasteiger partial charge in [-0.2, -0.15) is 0 Å². The number of hydrogen-bond donors (Lipinski definition) is 1. The zero-order valence-electron chi connectivity index (χ0n) is 13.4. The SMILES string of the molecule is CCCC1CNC2(CCCC2)CN1CCCC(C)C. The van der Waals surface area contributed by atoms with Crippen LogP contribution >= 0.6 is 0 Å². The smallest absolute Gasteiger partial charge is 0.0309 e. The molecule has 1 spiro atoms. The minimum absolute atomic E-state index is 0.488. The Morgan fingerprint density at radius 2 is 2.00 bits per heavy atom. The van der Waals surface area contributed by atoms with E-state index in [0.29, 0.717) is 5.54 Å². The Morgan fingerprint density at radius 1 is 1.26 bits per heavy atom. The van der Waals surface area contributed by atoms with Crippen LogP contribution in [0, 0.1) is 5.92 Å². The first kappa shape index (κ1) is 15.3. The first-order chi connectivity index (χ1) is 9.15. The van der Waals surface area contributed by atoms with E-state index in [1.54, 1.807) is 0 Å². The lowest BCUT2D eigenvalue weighted by Crippen LogP contribution is -2.63. The van der Waals surface area contributed by atoms with Gasteiger partial charge in [0.1, 0.15) is 0 Å². The largest absolute Gasteiger partial charge is 0.308 e. The maximum absolute atomic E-state index is 3.92. The van der Waals surface area contributed by atoms with Crippen LogP contribution in [-0.2, 0) is 0 Å². The lowest BCUT2D eigenvalue weighted by Gasteiger charge is -2.46. The van der Waals surface area contributed by atoms with Gasteiger partial charge >= 0.3 is 0 Å². The molecule has 0 aromatic carbocycles. The summed E-state index contributed by atoms with van der Waals surface area (Å²) in [4.78, 5) is 2.83. The zero-order chi connectivity index (χ0) is 13.7. The minimum Gasteiger partial charge on any atom is -0.308 e. The molecule has 2 aliphatic rings. The van der Waals surface area contributed by atoms with Crippen LogP contribution < -0.4 is 5.32 Å². The van der Waals surface area contributed by atoms with E-state index in [0.717, 1.165) is 12.0 Å². The van der Waals surface area contributed by atoms with Crippen LogP contribution in [0.1, 0.15) is 72.1 Å². The molecule has 1 heterocycles. The topological polar surface area (TPSA) is 15.3 Å². The molecule has 0 aromatic heterocycles. The van der Waals surface area contributed by atoms with E-state index in [2.05, 4.69) is 31.0 Å². The van der Waals surface area contributed by atoms with Crippen LogP contribution in [0.25, 0.3) is 0 Å². The van der Waals surface area contributed by atoms with Crippen molar-refractivity contribution in [2.75, 3.05) is 19.6 Å². The first-order valence-corrected chi connectivity index (χ1v) is 8.64. The summed E-state index contributed by atoms with van der Waals surface area (Å²) < 4.78 is 0. The fraction of sp³-hybridized carbons (Fsp3) is 1.00. The van der Waals surface area contributed by atoms with Crippen molar-refractivity contribution in [3.63, 3.8) is 0 Å². The van der Waals surface area contributed by atoms with Gasteiger partial charge in [-0.15, -0.1) is 0 Å². The second-order valence-electron chi connectivity index (χ2n) is 7.32. The first-order valence-electron chi connectivity index (χ1n) is 8.64.